The molecule has 0 amide bonds. The highest BCUT2D eigenvalue weighted by molar-refractivity contribution is 5.82. The maximum Gasteiger partial charge on any atom is 0.305 e. The van der Waals surface area contributed by atoms with Crippen molar-refractivity contribution in [1.29, 1.82) is 0 Å². The van der Waals surface area contributed by atoms with E-state index in [0.717, 1.165) is 17.4 Å². The van der Waals surface area contributed by atoms with E-state index in [1.807, 2.05) is 48.7 Å². The van der Waals surface area contributed by atoms with E-state index in [1.165, 1.54) is 5.56 Å². The van der Waals surface area contributed by atoms with Gasteiger partial charge in [0.25, 0.3) is 5.56 Å². The Balaban J connectivity index is 1.68. The van der Waals surface area contributed by atoms with Gasteiger partial charge in [0.15, 0.2) is 0 Å². The lowest BCUT2D eigenvalue weighted by molar-refractivity contribution is -0.143. The second-order valence-electron chi connectivity index (χ2n) is 6.84. The molecule has 0 fully saturated rings. The molecule has 3 rings (SSSR count). The molecule has 0 aliphatic heterocycles. The molecule has 148 valence electrons. The van der Waals surface area contributed by atoms with E-state index in [0.29, 0.717) is 37.8 Å². The number of nitrogens with zero attached hydrogens (tertiary/aromatic N) is 1. The van der Waals surface area contributed by atoms with Crippen molar-refractivity contribution in [3.63, 3.8) is 0 Å². The van der Waals surface area contributed by atoms with Crippen molar-refractivity contribution in [2.45, 2.75) is 39.2 Å². The summed E-state index contributed by atoms with van der Waals surface area (Å²) in [5.41, 5.74) is 1.99. The van der Waals surface area contributed by atoms with Crippen LogP contribution in [0.4, 0.5) is 0 Å². The summed E-state index contributed by atoms with van der Waals surface area (Å²) in [6, 6.07) is 17.8. The van der Waals surface area contributed by atoms with Gasteiger partial charge in [-0.05, 0) is 48.9 Å². The largest absolute Gasteiger partial charge is 0.466 e. The molecule has 3 aromatic rings. The first kappa shape index (κ1) is 20.4. The maximum atomic E-state index is 12.8. The molecule has 0 N–H and O–H groups in total. The van der Waals surface area contributed by atoms with E-state index in [1.54, 1.807) is 11.5 Å². The van der Waals surface area contributed by atoms with Crippen molar-refractivity contribution in [3.05, 3.63) is 82.3 Å². The number of rotatable bonds is 7. The van der Waals surface area contributed by atoms with Crippen LogP contribution < -0.4 is 5.56 Å². The Bertz CT molecular complexity index is 1090. The van der Waals surface area contributed by atoms with Gasteiger partial charge < -0.3 is 9.30 Å². The number of unbranched alkanes of at least 4 members (excludes halogenated alkanes) is 1. The molecule has 2 aromatic carbocycles. The van der Waals surface area contributed by atoms with Crippen LogP contribution >= 0.6 is 0 Å². The van der Waals surface area contributed by atoms with Gasteiger partial charge in [-0.2, -0.15) is 0 Å². The van der Waals surface area contributed by atoms with Gasteiger partial charge in [0.2, 0.25) is 0 Å². The van der Waals surface area contributed by atoms with Crippen LogP contribution in [0.5, 0.6) is 0 Å². The molecule has 0 unspecified atom stereocenters. The zero-order valence-corrected chi connectivity index (χ0v) is 16.7. The number of hydrogen-bond acceptors (Lipinski definition) is 3. The summed E-state index contributed by atoms with van der Waals surface area (Å²) in [5.74, 6) is 6.15. The van der Waals surface area contributed by atoms with Crippen molar-refractivity contribution >= 4 is 16.7 Å². The third-order valence-corrected chi connectivity index (χ3v) is 4.68. The molecular weight excluding hydrogens is 362 g/mol. The van der Waals surface area contributed by atoms with Gasteiger partial charge in [0.05, 0.1) is 6.61 Å². The second-order valence-corrected chi connectivity index (χ2v) is 6.84. The number of pyridine rings is 1. The minimum atomic E-state index is -0.183. The Morgan fingerprint density at radius 2 is 1.90 bits per heavy atom. The first-order valence-electron chi connectivity index (χ1n) is 9.99. The molecule has 29 heavy (non-hydrogen) atoms. The number of aryl methyl sites for hydroxylation is 1. The molecule has 4 nitrogen and oxygen atoms in total. The first-order chi connectivity index (χ1) is 14.2. The highest BCUT2D eigenvalue weighted by Gasteiger charge is 2.05. The molecule has 0 atom stereocenters. The van der Waals surface area contributed by atoms with Gasteiger partial charge in [-0.15, -0.1) is 0 Å². The van der Waals surface area contributed by atoms with Crippen molar-refractivity contribution < 1.29 is 9.53 Å². The summed E-state index contributed by atoms with van der Waals surface area (Å²) in [6.07, 6.45) is 4.33. The molecule has 0 aliphatic carbocycles. The average Bonchev–Trinajstić information content (AvgIpc) is 2.74. The Hall–Kier alpha value is -3.32. The van der Waals surface area contributed by atoms with E-state index in [-0.39, 0.29) is 11.5 Å². The van der Waals surface area contributed by atoms with E-state index < -0.39 is 0 Å². The van der Waals surface area contributed by atoms with Crippen LogP contribution in [-0.2, 0) is 22.5 Å². The fraction of sp³-hybridized carbons (Fsp3) is 0.280. The monoisotopic (exact) mass is 387 g/mol. The van der Waals surface area contributed by atoms with E-state index >= 15 is 0 Å². The third kappa shape index (κ3) is 5.83. The number of esters is 1. The smallest absolute Gasteiger partial charge is 0.305 e. The summed E-state index contributed by atoms with van der Waals surface area (Å²) in [4.78, 5) is 24.2. The lowest BCUT2D eigenvalue weighted by atomic mass is 10.1. The minimum Gasteiger partial charge on any atom is -0.466 e. The van der Waals surface area contributed by atoms with Crippen molar-refractivity contribution in [3.8, 4) is 11.8 Å². The third-order valence-electron chi connectivity index (χ3n) is 4.68. The number of ether oxygens (including phenoxy) is 1. The zero-order chi connectivity index (χ0) is 20.5. The van der Waals surface area contributed by atoms with Crippen LogP contribution in [0.15, 0.2) is 65.6 Å². The molecule has 0 spiro atoms. The normalized spacial score (nSPS) is 10.4. The predicted molar refractivity (Wildman–Crippen MR) is 116 cm³/mol. The number of carbonyl (C=O) groups is 1. The summed E-state index contributed by atoms with van der Waals surface area (Å²) < 4.78 is 6.63. The lowest BCUT2D eigenvalue weighted by Gasteiger charge is -2.07. The molecule has 4 heteroatoms. The molecule has 1 aromatic heterocycles. The average molecular weight is 387 g/mol. The molecule has 0 radical (unpaired) electrons. The molecule has 1 heterocycles. The summed E-state index contributed by atoms with van der Waals surface area (Å²) in [7, 11) is 0. The second kappa shape index (κ2) is 10.3. The van der Waals surface area contributed by atoms with Crippen molar-refractivity contribution in [2.75, 3.05) is 6.61 Å². The standard InChI is InChI=1S/C25H25NO3/c1-2-29-24(27)13-6-7-17-26-18-16-22-15-14-21(19-23(22)25(26)28)12-8-11-20-9-4-3-5-10-20/h3-5,9-10,14-16,18-19H,2,6-7,11,13,17H2,1H3. The van der Waals surface area contributed by atoms with Crippen LogP contribution in [0, 0.1) is 11.8 Å². The van der Waals surface area contributed by atoms with Gasteiger partial charge in [0.1, 0.15) is 0 Å². The predicted octanol–water partition coefficient (Wildman–Crippen LogP) is 4.33. The number of hydrogen-bond donors (Lipinski definition) is 0. The van der Waals surface area contributed by atoms with Crippen LogP contribution in [0.25, 0.3) is 10.8 Å². The van der Waals surface area contributed by atoms with Crippen molar-refractivity contribution in [1.82, 2.24) is 4.57 Å². The van der Waals surface area contributed by atoms with Gasteiger partial charge in [0, 0.05) is 36.5 Å². The molecule has 0 saturated heterocycles. The van der Waals surface area contributed by atoms with E-state index in [9.17, 15) is 9.59 Å². The van der Waals surface area contributed by atoms with Gasteiger partial charge >= 0.3 is 5.97 Å². The Kier molecular flexibility index (Phi) is 7.24. The quantitative estimate of drug-likeness (QED) is 0.344. The highest BCUT2D eigenvalue weighted by Crippen LogP contribution is 2.12. The van der Waals surface area contributed by atoms with Crippen LogP contribution in [0.2, 0.25) is 0 Å². The topological polar surface area (TPSA) is 48.3 Å². The lowest BCUT2D eigenvalue weighted by Crippen LogP contribution is -2.19. The number of aromatic nitrogens is 1. The fourth-order valence-electron chi connectivity index (χ4n) is 3.16. The van der Waals surface area contributed by atoms with Crippen LogP contribution in [-0.4, -0.2) is 17.1 Å². The highest BCUT2D eigenvalue weighted by atomic mass is 16.5. The van der Waals surface area contributed by atoms with Crippen LogP contribution in [0.3, 0.4) is 0 Å². The van der Waals surface area contributed by atoms with Gasteiger partial charge in [-0.1, -0.05) is 48.2 Å². The Morgan fingerprint density at radius 3 is 2.69 bits per heavy atom. The zero-order valence-electron chi connectivity index (χ0n) is 16.7. The van der Waals surface area contributed by atoms with Crippen LogP contribution in [0.1, 0.15) is 37.3 Å². The number of benzene rings is 2. The Morgan fingerprint density at radius 1 is 1.07 bits per heavy atom. The minimum absolute atomic E-state index is 0.0228. The first-order valence-corrected chi connectivity index (χ1v) is 9.99. The SMILES string of the molecule is CCOC(=O)CCCCn1ccc2ccc(C#CCc3ccccc3)cc2c1=O. The molecule has 0 saturated carbocycles. The Labute approximate surface area is 171 Å². The fourth-order valence-corrected chi connectivity index (χ4v) is 3.16. The molecule has 0 bridgehead atoms. The van der Waals surface area contributed by atoms with Gasteiger partial charge in [-0.25, -0.2) is 0 Å². The van der Waals surface area contributed by atoms with Gasteiger partial charge in [-0.3, -0.25) is 9.59 Å². The molecular formula is C25H25NO3. The number of fused-ring (bicyclic) bond motifs is 1. The van der Waals surface area contributed by atoms with E-state index in [2.05, 4.69) is 24.0 Å². The molecule has 0 aliphatic rings. The van der Waals surface area contributed by atoms with E-state index in [4.69, 9.17) is 4.74 Å². The summed E-state index contributed by atoms with van der Waals surface area (Å²) in [6.45, 7) is 2.78. The number of carbonyl (C=O) groups excluding carboxylic acids is 1. The summed E-state index contributed by atoms with van der Waals surface area (Å²) in [5, 5.41) is 1.58. The van der Waals surface area contributed by atoms with Crippen molar-refractivity contribution in [2.24, 2.45) is 0 Å². The summed E-state index contributed by atoms with van der Waals surface area (Å²) >= 11 is 0. The maximum absolute atomic E-state index is 12.8.